The van der Waals surface area contributed by atoms with Crippen LogP contribution in [-0.2, 0) is 4.79 Å². The van der Waals surface area contributed by atoms with Crippen molar-refractivity contribution in [3.8, 4) is 6.07 Å². The zero-order valence-corrected chi connectivity index (χ0v) is 13.4. The summed E-state index contributed by atoms with van der Waals surface area (Å²) in [5, 5.41) is 13.6. The monoisotopic (exact) mass is 320 g/mol. The molecule has 3 nitrogen and oxygen atoms in total. The number of nitrogens with one attached hydrogen (secondary N) is 1. The Bertz CT molecular complexity index is 607. The van der Waals surface area contributed by atoms with Crippen molar-refractivity contribution in [3.05, 3.63) is 45.5 Å². The highest BCUT2D eigenvalue weighted by Gasteiger charge is 2.30. The number of benzene rings is 1. The Morgan fingerprint density at radius 1 is 1.48 bits per heavy atom. The van der Waals surface area contributed by atoms with E-state index in [9.17, 15) is 10.1 Å². The van der Waals surface area contributed by atoms with Gasteiger partial charge in [0.1, 0.15) is 0 Å². The summed E-state index contributed by atoms with van der Waals surface area (Å²) in [5.74, 6) is 0.589. The fourth-order valence-corrected chi connectivity index (χ4v) is 3.71. The molecule has 0 aromatic heterocycles. The number of amides is 1. The second kappa shape index (κ2) is 7.53. The van der Waals surface area contributed by atoms with E-state index in [-0.39, 0.29) is 18.2 Å². The Balaban J connectivity index is 2.35. The minimum absolute atomic E-state index is 0.0575. The van der Waals surface area contributed by atoms with Crippen molar-refractivity contribution in [3.63, 3.8) is 0 Å². The van der Waals surface area contributed by atoms with Gasteiger partial charge >= 0.3 is 0 Å². The van der Waals surface area contributed by atoms with Gasteiger partial charge in [0.2, 0.25) is 5.91 Å². The van der Waals surface area contributed by atoms with Crippen molar-refractivity contribution < 1.29 is 4.79 Å². The van der Waals surface area contributed by atoms with Crippen molar-refractivity contribution in [1.29, 1.82) is 5.26 Å². The lowest BCUT2D eigenvalue weighted by molar-refractivity contribution is -0.120. The predicted octanol–water partition coefficient (Wildman–Crippen LogP) is 4.21. The van der Waals surface area contributed by atoms with Gasteiger partial charge in [-0.05, 0) is 23.8 Å². The molecule has 1 N–H and O–H groups in total. The molecular weight excluding hydrogens is 304 g/mol. The van der Waals surface area contributed by atoms with Gasteiger partial charge in [0.15, 0.2) is 0 Å². The molecule has 0 unspecified atom stereocenters. The van der Waals surface area contributed by atoms with Crippen LogP contribution in [0.15, 0.2) is 34.9 Å². The zero-order chi connectivity index (χ0) is 15.2. The molecule has 1 heterocycles. The molecule has 1 aromatic carbocycles. The maximum Gasteiger partial charge on any atom is 0.225 e. The van der Waals surface area contributed by atoms with Gasteiger partial charge in [-0.3, -0.25) is 4.79 Å². The molecule has 0 aliphatic carbocycles. The second-order valence-corrected chi connectivity index (χ2v) is 6.40. The molecule has 2 rings (SSSR count). The Labute approximate surface area is 134 Å². The number of halogens is 1. The SMILES string of the molecule is CCCCSC1=C(C#N)[C@@H](c2ccccc2Cl)CC(=O)N1. The van der Waals surface area contributed by atoms with Crippen molar-refractivity contribution in [2.75, 3.05) is 5.75 Å². The van der Waals surface area contributed by atoms with Gasteiger partial charge in [-0.15, -0.1) is 11.8 Å². The Hall–Kier alpha value is -1.44. The standard InChI is InChI=1S/C16H17ClN2OS/c1-2-3-8-21-16-13(10-18)12(9-15(20)19-16)11-6-4-5-7-14(11)17/h4-7,12H,2-3,8-9H2,1H3,(H,19,20)/t12-/m1/s1. The van der Waals surface area contributed by atoms with Crippen LogP contribution in [0.25, 0.3) is 0 Å². The summed E-state index contributed by atoms with van der Waals surface area (Å²) in [7, 11) is 0. The minimum Gasteiger partial charge on any atom is -0.320 e. The highest BCUT2D eigenvalue weighted by atomic mass is 35.5. The van der Waals surface area contributed by atoms with E-state index in [1.54, 1.807) is 17.8 Å². The van der Waals surface area contributed by atoms with Crippen LogP contribution in [0.2, 0.25) is 5.02 Å². The van der Waals surface area contributed by atoms with Gasteiger partial charge in [-0.2, -0.15) is 5.26 Å². The Morgan fingerprint density at radius 2 is 2.24 bits per heavy atom. The van der Waals surface area contributed by atoms with E-state index in [0.717, 1.165) is 24.2 Å². The second-order valence-electron chi connectivity index (χ2n) is 4.88. The van der Waals surface area contributed by atoms with Gasteiger partial charge in [-0.1, -0.05) is 43.1 Å². The number of carbonyl (C=O) groups is 1. The van der Waals surface area contributed by atoms with Gasteiger partial charge in [0, 0.05) is 17.4 Å². The van der Waals surface area contributed by atoms with Gasteiger partial charge in [0.05, 0.1) is 16.7 Å². The van der Waals surface area contributed by atoms with E-state index < -0.39 is 0 Å². The molecule has 0 fully saturated rings. The van der Waals surface area contributed by atoms with E-state index in [2.05, 4.69) is 18.3 Å². The molecule has 1 aliphatic rings. The van der Waals surface area contributed by atoms with Crippen LogP contribution in [-0.4, -0.2) is 11.7 Å². The highest BCUT2D eigenvalue weighted by molar-refractivity contribution is 8.03. The lowest BCUT2D eigenvalue weighted by Gasteiger charge is -2.25. The topological polar surface area (TPSA) is 52.9 Å². The maximum absolute atomic E-state index is 12.0. The lowest BCUT2D eigenvalue weighted by atomic mass is 9.87. The third-order valence-electron chi connectivity index (χ3n) is 3.38. The van der Waals surface area contributed by atoms with Crippen LogP contribution in [0.3, 0.4) is 0 Å². The van der Waals surface area contributed by atoms with Gasteiger partial charge < -0.3 is 5.32 Å². The number of hydrogen-bond acceptors (Lipinski definition) is 3. The lowest BCUT2D eigenvalue weighted by Crippen LogP contribution is -2.31. The summed E-state index contributed by atoms with van der Waals surface area (Å²) in [6, 6.07) is 9.67. The van der Waals surface area contributed by atoms with Crippen LogP contribution in [0.4, 0.5) is 0 Å². The van der Waals surface area contributed by atoms with Crippen LogP contribution in [0.1, 0.15) is 37.7 Å². The van der Waals surface area contributed by atoms with Crippen molar-refractivity contribution in [2.24, 2.45) is 0 Å². The Kier molecular flexibility index (Phi) is 5.72. The van der Waals surface area contributed by atoms with Crippen LogP contribution in [0, 0.1) is 11.3 Å². The average molecular weight is 321 g/mol. The third-order valence-corrected chi connectivity index (χ3v) is 4.83. The summed E-state index contributed by atoms with van der Waals surface area (Å²) in [5.41, 5.74) is 1.46. The van der Waals surface area contributed by atoms with Crippen molar-refractivity contribution >= 4 is 29.3 Å². The summed E-state index contributed by atoms with van der Waals surface area (Å²) >= 11 is 7.78. The van der Waals surface area contributed by atoms with E-state index in [1.807, 2.05) is 18.2 Å². The molecule has 0 radical (unpaired) electrons. The first-order chi connectivity index (χ1) is 10.2. The number of nitrogens with zero attached hydrogens (tertiary/aromatic N) is 1. The Morgan fingerprint density at radius 3 is 2.90 bits per heavy atom. The first kappa shape index (κ1) is 15.9. The van der Waals surface area contributed by atoms with E-state index in [0.29, 0.717) is 15.6 Å². The summed E-state index contributed by atoms with van der Waals surface area (Å²) in [4.78, 5) is 12.0. The molecule has 1 aliphatic heterocycles. The average Bonchev–Trinajstić information content (AvgIpc) is 2.47. The molecule has 1 atom stereocenters. The molecule has 0 saturated carbocycles. The van der Waals surface area contributed by atoms with Crippen LogP contribution >= 0.6 is 23.4 Å². The number of rotatable bonds is 5. The molecule has 5 heteroatoms. The minimum atomic E-state index is -0.249. The van der Waals surface area contributed by atoms with Crippen LogP contribution in [0.5, 0.6) is 0 Å². The fraction of sp³-hybridized carbons (Fsp3) is 0.375. The normalized spacial score (nSPS) is 18.3. The summed E-state index contributed by atoms with van der Waals surface area (Å²) < 4.78 is 0. The number of thioether (sulfide) groups is 1. The van der Waals surface area contributed by atoms with E-state index in [1.165, 1.54) is 0 Å². The molecular formula is C16H17ClN2OS. The van der Waals surface area contributed by atoms with E-state index >= 15 is 0 Å². The van der Waals surface area contributed by atoms with Gasteiger partial charge in [0.25, 0.3) is 0 Å². The summed E-state index contributed by atoms with van der Waals surface area (Å²) in [6.45, 7) is 2.12. The van der Waals surface area contributed by atoms with Crippen molar-refractivity contribution in [2.45, 2.75) is 32.1 Å². The zero-order valence-electron chi connectivity index (χ0n) is 11.9. The van der Waals surface area contributed by atoms with E-state index in [4.69, 9.17) is 11.6 Å². The number of hydrogen-bond donors (Lipinski definition) is 1. The quantitative estimate of drug-likeness (QED) is 0.827. The molecule has 0 spiro atoms. The summed E-state index contributed by atoms with van der Waals surface area (Å²) in [6.07, 6.45) is 2.41. The highest BCUT2D eigenvalue weighted by Crippen LogP contribution is 2.38. The van der Waals surface area contributed by atoms with Crippen molar-refractivity contribution in [1.82, 2.24) is 5.32 Å². The first-order valence-corrected chi connectivity index (χ1v) is 8.35. The molecule has 1 aromatic rings. The predicted molar refractivity (Wildman–Crippen MR) is 87.0 cm³/mol. The first-order valence-electron chi connectivity index (χ1n) is 6.98. The number of allylic oxidation sites excluding steroid dienone is 1. The number of nitriles is 1. The molecule has 0 bridgehead atoms. The number of unbranched alkanes of at least 4 members (excludes halogenated alkanes) is 1. The van der Waals surface area contributed by atoms with Crippen LogP contribution < -0.4 is 5.32 Å². The molecule has 0 saturated heterocycles. The molecule has 1 amide bonds. The fourth-order valence-electron chi connectivity index (χ4n) is 2.27. The van der Waals surface area contributed by atoms with Gasteiger partial charge in [-0.25, -0.2) is 0 Å². The molecule has 21 heavy (non-hydrogen) atoms. The largest absolute Gasteiger partial charge is 0.320 e. The smallest absolute Gasteiger partial charge is 0.225 e. The maximum atomic E-state index is 12.0. The number of carbonyl (C=O) groups excluding carboxylic acids is 1. The molecule has 110 valence electrons. The third kappa shape index (κ3) is 3.81.